The van der Waals surface area contributed by atoms with Crippen molar-refractivity contribution < 1.29 is 9.59 Å². The Kier molecular flexibility index (Phi) is 4.47. The number of hydrogen-bond donors (Lipinski definition) is 1. The van der Waals surface area contributed by atoms with Gasteiger partial charge < -0.3 is 5.32 Å². The molecule has 0 fully saturated rings. The van der Waals surface area contributed by atoms with Gasteiger partial charge >= 0.3 is 0 Å². The second-order valence-corrected chi connectivity index (χ2v) is 5.01. The summed E-state index contributed by atoms with van der Waals surface area (Å²) in [6, 6.07) is 14.4. The molecule has 0 aromatic heterocycles. The molecule has 0 bridgehead atoms. The Bertz CT molecular complexity index is 611. The highest BCUT2D eigenvalue weighted by Crippen LogP contribution is 2.13. The van der Waals surface area contributed by atoms with E-state index in [1.807, 2.05) is 24.3 Å². The number of carbonyl (C=O) groups is 2. The van der Waals surface area contributed by atoms with E-state index in [4.69, 9.17) is 0 Å². The van der Waals surface area contributed by atoms with Crippen LogP contribution in [0.1, 0.15) is 15.9 Å². The summed E-state index contributed by atoms with van der Waals surface area (Å²) in [5.74, 6) is -0.110. The summed E-state index contributed by atoms with van der Waals surface area (Å²) >= 11 is 3.37. The molecule has 96 valence electrons. The molecule has 2 rings (SSSR count). The zero-order valence-electron chi connectivity index (χ0n) is 10.1. The molecular formula is C15H12BrNO2. The van der Waals surface area contributed by atoms with Crippen LogP contribution in [0.4, 0.5) is 5.69 Å². The summed E-state index contributed by atoms with van der Waals surface area (Å²) in [5, 5.41) is 2.77. The van der Waals surface area contributed by atoms with Crippen LogP contribution in [0.25, 0.3) is 0 Å². The van der Waals surface area contributed by atoms with E-state index in [0.29, 0.717) is 17.7 Å². The highest BCUT2D eigenvalue weighted by Gasteiger charge is 2.05. The third-order valence-corrected chi connectivity index (χ3v) is 3.05. The lowest BCUT2D eigenvalue weighted by molar-refractivity contribution is -0.115. The minimum atomic E-state index is -0.110. The van der Waals surface area contributed by atoms with Crippen molar-refractivity contribution in [3.63, 3.8) is 0 Å². The van der Waals surface area contributed by atoms with E-state index in [-0.39, 0.29) is 5.91 Å². The first kappa shape index (κ1) is 13.5. The Labute approximate surface area is 119 Å². The normalized spacial score (nSPS) is 9.95. The van der Waals surface area contributed by atoms with Crippen molar-refractivity contribution in [2.75, 3.05) is 5.32 Å². The number of hydrogen-bond acceptors (Lipinski definition) is 2. The van der Waals surface area contributed by atoms with E-state index in [0.717, 1.165) is 16.3 Å². The Hall–Kier alpha value is -1.94. The smallest absolute Gasteiger partial charge is 0.228 e. The molecule has 0 atom stereocenters. The number of rotatable bonds is 4. The molecule has 0 unspecified atom stereocenters. The van der Waals surface area contributed by atoms with Gasteiger partial charge in [-0.05, 0) is 29.8 Å². The van der Waals surface area contributed by atoms with Gasteiger partial charge in [0.15, 0.2) is 0 Å². The monoisotopic (exact) mass is 317 g/mol. The van der Waals surface area contributed by atoms with Crippen LogP contribution in [-0.4, -0.2) is 12.2 Å². The van der Waals surface area contributed by atoms with Gasteiger partial charge in [0.25, 0.3) is 0 Å². The average molecular weight is 318 g/mol. The molecule has 1 N–H and O–H groups in total. The van der Waals surface area contributed by atoms with Crippen LogP contribution in [0.3, 0.4) is 0 Å². The molecule has 0 saturated carbocycles. The van der Waals surface area contributed by atoms with Crippen molar-refractivity contribution >= 4 is 33.8 Å². The zero-order chi connectivity index (χ0) is 13.7. The summed E-state index contributed by atoms with van der Waals surface area (Å²) in [7, 11) is 0. The first-order valence-electron chi connectivity index (χ1n) is 5.77. The summed E-state index contributed by atoms with van der Waals surface area (Å²) in [6.45, 7) is 0. The fraction of sp³-hybridized carbons (Fsp3) is 0.0667. The van der Waals surface area contributed by atoms with Gasteiger partial charge in [0.05, 0.1) is 6.42 Å². The van der Waals surface area contributed by atoms with E-state index in [9.17, 15) is 9.59 Å². The van der Waals surface area contributed by atoms with E-state index < -0.39 is 0 Å². The van der Waals surface area contributed by atoms with Gasteiger partial charge in [0, 0.05) is 15.7 Å². The molecule has 1 amide bonds. The van der Waals surface area contributed by atoms with Crippen LogP contribution >= 0.6 is 15.9 Å². The Balaban J connectivity index is 2.03. The lowest BCUT2D eigenvalue weighted by atomic mass is 10.1. The van der Waals surface area contributed by atoms with Gasteiger partial charge in [-0.25, -0.2) is 0 Å². The molecule has 0 spiro atoms. The first-order chi connectivity index (χ1) is 9.17. The molecule has 0 aliphatic rings. The van der Waals surface area contributed by atoms with Crippen molar-refractivity contribution in [1.82, 2.24) is 0 Å². The quantitative estimate of drug-likeness (QED) is 0.878. The summed E-state index contributed by atoms with van der Waals surface area (Å²) in [4.78, 5) is 22.5. The van der Waals surface area contributed by atoms with Gasteiger partial charge in [0.1, 0.15) is 6.29 Å². The van der Waals surface area contributed by atoms with E-state index in [2.05, 4.69) is 21.2 Å². The van der Waals surface area contributed by atoms with Crippen molar-refractivity contribution in [3.8, 4) is 0 Å². The third-order valence-electron chi connectivity index (χ3n) is 2.56. The average Bonchev–Trinajstić information content (AvgIpc) is 2.38. The topological polar surface area (TPSA) is 46.2 Å². The number of aldehydes is 1. The first-order valence-corrected chi connectivity index (χ1v) is 6.56. The number of anilines is 1. The maximum Gasteiger partial charge on any atom is 0.228 e. The Morgan fingerprint density at radius 1 is 1.16 bits per heavy atom. The van der Waals surface area contributed by atoms with Crippen molar-refractivity contribution in [2.24, 2.45) is 0 Å². The van der Waals surface area contributed by atoms with Crippen LogP contribution in [0, 0.1) is 0 Å². The standard InChI is InChI=1S/C15H12BrNO2/c16-13-5-1-3-11(7-13)9-15(19)17-14-6-2-4-12(8-14)10-18/h1-8,10H,9H2,(H,17,19). The third kappa shape index (κ3) is 4.03. The van der Waals surface area contributed by atoms with Gasteiger partial charge in [-0.15, -0.1) is 0 Å². The molecule has 2 aromatic carbocycles. The summed E-state index contributed by atoms with van der Waals surface area (Å²) in [6.07, 6.45) is 1.05. The largest absolute Gasteiger partial charge is 0.326 e. The van der Waals surface area contributed by atoms with Crippen molar-refractivity contribution in [2.45, 2.75) is 6.42 Å². The van der Waals surface area contributed by atoms with Crippen LogP contribution in [0.5, 0.6) is 0 Å². The van der Waals surface area contributed by atoms with Crippen LogP contribution in [-0.2, 0) is 11.2 Å². The fourth-order valence-corrected chi connectivity index (χ4v) is 2.17. The second-order valence-electron chi connectivity index (χ2n) is 4.10. The van der Waals surface area contributed by atoms with Crippen LogP contribution in [0.2, 0.25) is 0 Å². The maximum atomic E-state index is 11.9. The summed E-state index contributed by atoms with van der Waals surface area (Å²) in [5.41, 5.74) is 2.10. The Morgan fingerprint density at radius 3 is 2.68 bits per heavy atom. The van der Waals surface area contributed by atoms with Gasteiger partial charge in [0.2, 0.25) is 5.91 Å². The molecule has 0 radical (unpaired) electrons. The van der Waals surface area contributed by atoms with E-state index in [1.165, 1.54) is 0 Å². The molecule has 0 aliphatic heterocycles. The second kappa shape index (κ2) is 6.29. The molecule has 2 aromatic rings. The van der Waals surface area contributed by atoms with E-state index >= 15 is 0 Å². The lowest BCUT2D eigenvalue weighted by Crippen LogP contribution is -2.14. The molecular weight excluding hydrogens is 306 g/mol. The zero-order valence-corrected chi connectivity index (χ0v) is 11.7. The number of carbonyl (C=O) groups excluding carboxylic acids is 2. The fourth-order valence-electron chi connectivity index (χ4n) is 1.73. The highest BCUT2D eigenvalue weighted by atomic mass is 79.9. The minimum absolute atomic E-state index is 0.110. The van der Waals surface area contributed by atoms with E-state index in [1.54, 1.807) is 24.3 Å². The molecule has 3 nitrogen and oxygen atoms in total. The Morgan fingerprint density at radius 2 is 1.95 bits per heavy atom. The van der Waals surface area contributed by atoms with Crippen molar-refractivity contribution in [3.05, 3.63) is 64.1 Å². The number of nitrogens with one attached hydrogen (secondary N) is 1. The minimum Gasteiger partial charge on any atom is -0.326 e. The number of amides is 1. The predicted molar refractivity (Wildman–Crippen MR) is 78.3 cm³/mol. The number of halogens is 1. The number of benzene rings is 2. The van der Waals surface area contributed by atoms with Crippen molar-refractivity contribution in [1.29, 1.82) is 0 Å². The van der Waals surface area contributed by atoms with Crippen LogP contribution < -0.4 is 5.32 Å². The highest BCUT2D eigenvalue weighted by molar-refractivity contribution is 9.10. The molecule has 0 saturated heterocycles. The van der Waals surface area contributed by atoms with Gasteiger partial charge in [-0.1, -0.05) is 40.2 Å². The summed E-state index contributed by atoms with van der Waals surface area (Å²) < 4.78 is 0.945. The maximum absolute atomic E-state index is 11.9. The molecule has 4 heteroatoms. The molecule has 0 aliphatic carbocycles. The van der Waals surface area contributed by atoms with Gasteiger partial charge in [-0.3, -0.25) is 9.59 Å². The lowest BCUT2D eigenvalue weighted by Gasteiger charge is -2.06. The molecule has 19 heavy (non-hydrogen) atoms. The predicted octanol–water partition coefficient (Wildman–Crippen LogP) is 3.44. The van der Waals surface area contributed by atoms with Crippen LogP contribution in [0.15, 0.2) is 53.0 Å². The van der Waals surface area contributed by atoms with Gasteiger partial charge in [-0.2, -0.15) is 0 Å². The SMILES string of the molecule is O=Cc1cccc(NC(=O)Cc2cccc(Br)c2)c1. The molecule has 0 heterocycles.